The van der Waals surface area contributed by atoms with Gasteiger partial charge in [0.15, 0.2) is 0 Å². The van der Waals surface area contributed by atoms with E-state index in [1.54, 1.807) is 6.07 Å². The average Bonchev–Trinajstić information content (AvgIpc) is 2.77. The predicted molar refractivity (Wildman–Crippen MR) is 76.8 cm³/mol. The van der Waals surface area contributed by atoms with E-state index in [0.717, 1.165) is 18.7 Å². The quantitative estimate of drug-likeness (QED) is 0.865. The van der Waals surface area contributed by atoms with Gasteiger partial charge in [0.05, 0.1) is 21.1 Å². The largest absolute Gasteiger partial charge is 0.392 e. The highest BCUT2D eigenvalue weighted by Crippen LogP contribution is 2.34. The smallest absolute Gasteiger partial charge is 0.0948 e. The van der Waals surface area contributed by atoms with Gasteiger partial charge in [-0.3, -0.25) is 4.90 Å². The minimum absolute atomic E-state index is 0.0984. The van der Waals surface area contributed by atoms with Gasteiger partial charge in [-0.05, 0) is 37.6 Å². The van der Waals surface area contributed by atoms with Gasteiger partial charge in [-0.25, -0.2) is 0 Å². The summed E-state index contributed by atoms with van der Waals surface area (Å²) in [5.74, 6) is 0. The third kappa shape index (κ3) is 2.74. The maximum absolute atomic E-state index is 6.24. The van der Waals surface area contributed by atoms with Crippen LogP contribution in [-0.2, 0) is 0 Å². The highest BCUT2D eigenvalue weighted by atomic mass is 35.5. The molecule has 0 amide bonds. The van der Waals surface area contributed by atoms with Crippen LogP contribution in [0, 0.1) is 0 Å². The first-order chi connectivity index (χ1) is 8.11. The summed E-state index contributed by atoms with van der Waals surface area (Å²) in [4.78, 5) is 2.72. The Balaban J connectivity index is 2.38. The molecule has 1 aliphatic heterocycles. The van der Waals surface area contributed by atoms with Gasteiger partial charge in [-0.1, -0.05) is 47.6 Å². The van der Waals surface area contributed by atoms with E-state index in [-0.39, 0.29) is 6.04 Å². The van der Waals surface area contributed by atoms with Crippen LogP contribution in [-0.4, -0.2) is 23.0 Å². The summed E-state index contributed by atoms with van der Waals surface area (Å²) in [5, 5.41) is 1.10. The SMILES string of the molecule is NC(=S)C(c1cccc(Cl)c1Cl)N1CCCC1. The summed E-state index contributed by atoms with van der Waals surface area (Å²) in [5.41, 5.74) is 6.77. The van der Waals surface area contributed by atoms with Crippen molar-refractivity contribution in [2.75, 3.05) is 13.1 Å². The summed E-state index contributed by atoms with van der Waals surface area (Å²) in [7, 11) is 0. The lowest BCUT2D eigenvalue weighted by Gasteiger charge is -2.27. The van der Waals surface area contributed by atoms with E-state index < -0.39 is 0 Å². The number of hydrogen-bond donors (Lipinski definition) is 1. The Morgan fingerprint density at radius 1 is 1.29 bits per heavy atom. The van der Waals surface area contributed by atoms with Crippen LogP contribution < -0.4 is 5.73 Å². The van der Waals surface area contributed by atoms with Crippen molar-refractivity contribution < 1.29 is 0 Å². The summed E-state index contributed by atoms with van der Waals surface area (Å²) >= 11 is 17.4. The van der Waals surface area contributed by atoms with Gasteiger partial charge in [0.25, 0.3) is 0 Å². The Morgan fingerprint density at radius 3 is 2.53 bits per heavy atom. The number of nitrogens with two attached hydrogens (primary N) is 1. The molecule has 0 bridgehead atoms. The summed E-state index contributed by atoms with van der Waals surface area (Å²) in [6.07, 6.45) is 2.36. The lowest BCUT2D eigenvalue weighted by atomic mass is 10.1. The van der Waals surface area contributed by atoms with E-state index in [2.05, 4.69) is 4.90 Å². The first kappa shape index (κ1) is 13.1. The van der Waals surface area contributed by atoms with E-state index in [0.29, 0.717) is 15.0 Å². The van der Waals surface area contributed by atoms with Crippen LogP contribution in [0.4, 0.5) is 0 Å². The Bertz CT molecular complexity index is 431. The molecule has 2 rings (SSSR count). The zero-order valence-corrected chi connectivity index (χ0v) is 11.7. The minimum Gasteiger partial charge on any atom is -0.392 e. The molecule has 2 nitrogen and oxygen atoms in total. The maximum atomic E-state index is 6.24. The second-order valence-corrected chi connectivity index (χ2v) is 5.45. The molecule has 1 aromatic rings. The van der Waals surface area contributed by atoms with Gasteiger partial charge < -0.3 is 5.73 Å². The third-order valence-electron chi connectivity index (χ3n) is 3.05. The zero-order chi connectivity index (χ0) is 12.4. The highest BCUT2D eigenvalue weighted by Gasteiger charge is 2.27. The summed E-state index contributed by atoms with van der Waals surface area (Å²) in [6.45, 7) is 2.01. The predicted octanol–water partition coefficient (Wildman–Crippen LogP) is 3.42. The number of rotatable bonds is 3. The standard InChI is InChI=1S/C12H14Cl2N2S/c13-9-5-3-4-8(10(9)14)11(12(15)17)16-6-1-2-7-16/h3-5,11H,1-2,6-7H2,(H2,15,17). The Kier molecular flexibility index (Phi) is 4.26. The number of benzene rings is 1. The Hall–Kier alpha value is -0.350. The topological polar surface area (TPSA) is 29.3 Å². The van der Waals surface area contributed by atoms with Crippen molar-refractivity contribution >= 4 is 40.4 Å². The monoisotopic (exact) mass is 288 g/mol. The van der Waals surface area contributed by atoms with Crippen LogP contribution in [0.15, 0.2) is 18.2 Å². The molecule has 0 aromatic heterocycles. The molecular weight excluding hydrogens is 275 g/mol. The molecule has 1 fully saturated rings. The van der Waals surface area contributed by atoms with Crippen molar-refractivity contribution in [2.45, 2.75) is 18.9 Å². The number of likely N-dealkylation sites (tertiary alicyclic amines) is 1. The first-order valence-electron chi connectivity index (χ1n) is 5.58. The van der Waals surface area contributed by atoms with Crippen LogP contribution in [0.5, 0.6) is 0 Å². The molecule has 0 spiro atoms. The molecule has 17 heavy (non-hydrogen) atoms. The normalized spacial score (nSPS) is 18.2. The number of nitrogens with zero attached hydrogens (tertiary/aromatic N) is 1. The van der Waals surface area contributed by atoms with Crippen molar-refractivity contribution in [3.05, 3.63) is 33.8 Å². The Morgan fingerprint density at radius 2 is 1.94 bits per heavy atom. The molecule has 1 heterocycles. The fourth-order valence-electron chi connectivity index (χ4n) is 2.26. The van der Waals surface area contributed by atoms with Gasteiger partial charge in [0.2, 0.25) is 0 Å². The molecule has 1 aliphatic rings. The van der Waals surface area contributed by atoms with Crippen molar-refractivity contribution in [1.82, 2.24) is 4.90 Å². The minimum atomic E-state index is -0.0984. The average molecular weight is 289 g/mol. The first-order valence-corrected chi connectivity index (χ1v) is 6.75. The van der Waals surface area contributed by atoms with E-state index in [1.165, 1.54) is 12.8 Å². The van der Waals surface area contributed by atoms with Gasteiger partial charge in [0, 0.05) is 0 Å². The molecule has 92 valence electrons. The van der Waals surface area contributed by atoms with E-state index in [9.17, 15) is 0 Å². The van der Waals surface area contributed by atoms with Crippen molar-refractivity contribution in [2.24, 2.45) is 5.73 Å². The summed E-state index contributed by atoms with van der Waals surface area (Å²) < 4.78 is 0. The number of thiocarbonyl (C=S) groups is 1. The molecule has 2 N–H and O–H groups in total. The lowest BCUT2D eigenvalue weighted by molar-refractivity contribution is 0.305. The highest BCUT2D eigenvalue weighted by molar-refractivity contribution is 7.80. The van der Waals surface area contributed by atoms with Crippen LogP contribution in [0.25, 0.3) is 0 Å². The van der Waals surface area contributed by atoms with Crippen LogP contribution >= 0.6 is 35.4 Å². The fourth-order valence-corrected chi connectivity index (χ4v) is 2.95. The van der Waals surface area contributed by atoms with Crippen LogP contribution in [0.1, 0.15) is 24.4 Å². The van der Waals surface area contributed by atoms with Crippen LogP contribution in [0.3, 0.4) is 0 Å². The number of halogens is 2. The molecule has 5 heteroatoms. The molecule has 1 unspecified atom stereocenters. The maximum Gasteiger partial charge on any atom is 0.0948 e. The summed E-state index contributed by atoms with van der Waals surface area (Å²) in [6, 6.07) is 5.49. The second-order valence-electron chi connectivity index (χ2n) is 4.19. The molecular formula is C12H14Cl2N2S. The zero-order valence-electron chi connectivity index (χ0n) is 9.33. The fraction of sp³-hybridized carbons (Fsp3) is 0.417. The molecule has 0 radical (unpaired) electrons. The van der Waals surface area contributed by atoms with Gasteiger partial charge in [0.1, 0.15) is 0 Å². The lowest BCUT2D eigenvalue weighted by Crippen LogP contribution is -2.35. The molecule has 0 aliphatic carbocycles. The van der Waals surface area contributed by atoms with Crippen molar-refractivity contribution in [1.29, 1.82) is 0 Å². The van der Waals surface area contributed by atoms with E-state index >= 15 is 0 Å². The molecule has 1 saturated heterocycles. The van der Waals surface area contributed by atoms with Gasteiger partial charge in [-0.2, -0.15) is 0 Å². The number of hydrogen-bond acceptors (Lipinski definition) is 2. The van der Waals surface area contributed by atoms with Gasteiger partial charge >= 0.3 is 0 Å². The molecule has 1 aromatic carbocycles. The third-order valence-corrected chi connectivity index (χ3v) is 4.11. The van der Waals surface area contributed by atoms with Crippen LogP contribution in [0.2, 0.25) is 10.0 Å². The van der Waals surface area contributed by atoms with E-state index in [1.807, 2.05) is 12.1 Å². The molecule has 1 atom stereocenters. The van der Waals surface area contributed by atoms with Crippen molar-refractivity contribution in [3.8, 4) is 0 Å². The van der Waals surface area contributed by atoms with Crippen molar-refractivity contribution in [3.63, 3.8) is 0 Å². The Labute approximate surface area is 117 Å². The second kappa shape index (κ2) is 5.53. The van der Waals surface area contributed by atoms with Gasteiger partial charge in [-0.15, -0.1) is 0 Å². The van der Waals surface area contributed by atoms with E-state index in [4.69, 9.17) is 41.2 Å². The molecule has 0 saturated carbocycles.